The number of carbonyl (C=O) groups excluding carboxylic acids is 1. The van der Waals surface area contributed by atoms with E-state index in [2.05, 4.69) is 39.6 Å². The zero-order chi connectivity index (χ0) is 18.9. The third-order valence-corrected chi connectivity index (χ3v) is 5.09. The standard InChI is InChI=1S/C24H19N3O/c28-24(26-19-10-9-16-5-1-2-6-17(16)13-19)12-11-18-14-21-20-7-3-4-8-22(20)27-23(21)15-25-18/h1-10,13-15,27H,11-12H2,(H,26,28). The van der Waals surface area contributed by atoms with Gasteiger partial charge in [-0.3, -0.25) is 9.78 Å². The first-order valence-electron chi connectivity index (χ1n) is 9.40. The Labute approximate surface area is 162 Å². The van der Waals surface area contributed by atoms with Crippen molar-refractivity contribution in [2.24, 2.45) is 0 Å². The highest BCUT2D eigenvalue weighted by atomic mass is 16.1. The predicted octanol–water partition coefficient (Wildman–Crippen LogP) is 5.44. The molecule has 5 rings (SSSR count). The van der Waals surface area contributed by atoms with Gasteiger partial charge < -0.3 is 10.3 Å². The summed E-state index contributed by atoms with van der Waals surface area (Å²) in [6.07, 6.45) is 2.86. The van der Waals surface area contributed by atoms with Crippen molar-refractivity contribution in [2.75, 3.05) is 5.32 Å². The number of benzene rings is 3. The number of hydrogen-bond acceptors (Lipinski definition) is 2. The SMILES string of the molecule is O=C(CCc1cc2c(cn1)[nH]c1ccccc12)Nc1ccc2ccccc2c1. The number of rotatable bonds is 4. The number of nitrogens with one attached hydrogen (secondary N) is 2. The van der Waals surface area contributed by atoms with Crippen molar-refractivity contribution in [3.63, 3.8) is 0 Å². The van der Waals surface area contributed by atoms with E-state index in [1.54, 1.807) is 0 Å². The van der Waals surface area contributed by atoms with Gasteiger partial charge in [0.05, 0.1) is 11.7 Å². The highest BCUT2D eigenvalue weighted by Crippen LogP contribution is 2.25. The van der Waals surface area contributed by atoms with Crippen LogP contribution in [0.15, 0.2) is 79.0 Å². The second-order valence-electron chi connectivity index (χ2n) is 7.00. The lowest BCUT2D eigenvalue weighted by Crippen LogP contribution is -2.12. The van der Waals surface area contributed by atoms with E-state index in [4.69, 9.17) is 0 Å². The first kappa shape index (κ1) is 16.5. The number of aromatic amines is 1. The number of pyridine rings is 1. The lowest BCUT2D eigenvalue weighted by Gasteiger charge is -2.07. The summed E-state index contributed by atoms with van der Waals surface area (Å²) in [6.45, 7) is 0. The Hall–Kier alpha value is -3.66. The van der Waals surface area contributed by atoms with Gasteiger partial charge in [-0.05, 0) is 41.5 Å². The molecule has 0 saturated carbocycles. The van der Waals surface area contributed by atoms with E-state index in [0.29, 0.717) is 12.8 Å². The molecule has 4 nitrogen and oxygen atoms in total. The van der Waals surface area contributed by atoms with Crippen LogP contribution >= 0.6 is 0 Å². The predicted molar refractivity (Wildman–Crippen MR) is 114 cm³/mol. The van der Waals surface area contributed by atoms with Crippen molar-refractivity contribution in [3.8, 4) is 0 Å². The molecule has 0 fully saturated rings. The van der Waals surface area contributed by atoms with E-state index >= 15 is 0 Å². The second kappa shape index (κ2) is 6.82. The van der Waals surface area contributed by atoms with Gasteiger partial charge in [-0.15, -0.1) is 0 Å². The van der Waals surface area contributed by atoms with Crippen LogP contribution in [0, 0.1) is 0 Å². The zero-order valence-corrected chi connectivity index (χ0v) is 15.3. The summed E-state index contributed by atoms with van der Waals surface area (Å²) in [4.78, 5) is 20.3. The molecule has 0 saturated heterocycles. The van der Waals surface area contributed by atoms with Crippen LogP contribution in [-0.4, -0.2) is 15.9 Å². The molecule has 0 aliphatic rings. The summed E-state index contributed by atoms with van der Waals surface area (Å²) in [5, 5.41) is 7.61. The van der Waals surface area contributed by atoms with Crippen LogP contribution in [0.5, 0.6) is 0 Å². The number of aromatic nitrogens is 2. The highest BCUT2D eigenvalue weighted by molar-refractivity contribution is 6.07. The number of nitrogens with zero attached hydrogens (tertiary/aromatic N) is 1. The summed E-state index contributed by atoms with van der Waals surface area (Å²) < 4.78 is 0. The van der Waals surface area contributed by atoms with Crippen LogP contribution in [0.25, 0.3) is 32.6 Å². The monoisotopic (exact) mass is 365 g/mol. The molecule has 0 bridgehead atoms. The molecule has 0 spiro atoms. The molecule has 3 aromatic carbocycles. The molecule has 2 heterocycles. The van der Waals surface area contributed by atoms with Crippen LogP contribution in [0.2, 0.25) is 0 Å². The van der Waals surface area contributed by atoms with E-state index < -0.39 is 0 Å². The van der Waals surface area contributed by atoms with Crippen LogP contribution in [0.3, 0.4) is 0 Å². The minimum absolute atomic E-state index is 0.00361. The Morgan fingerprint density at radius 3 is 2.61 bits per heavy atom. The lowest BCUT2D eigenvalue weighted by molar-refractivity contribution is -0.116. The number of carbonyl (C=O) groups is 1. The molecular formula is C24H19N3O. The van der Waals surface area contributed by atoms with Gasteiger partial charge in [-0.1, -0.05) is 48.5 Å². The summed E-state index contributed by atoms with van der Waals surface area (Å²) in [5.41, 5.74) is 3.87. The number of hydrogen-bond donors (Lipinski definition) is 2. The highest BCUT2D eigenvalue weighted by Gasteiger charge is 2.08. The number of fused-ring (bicyclic) bond motifs is 4. The lowest BCUT2D eigenvalue weighted by atomic mass is 10.1. The number of amides is 1. The van der Waals surface area contributed by atoms with E-state index in [1.807, 2.05) is 54.7 Å². The minimum Gasteiger partial charge on any atom is -0.353 e. The normalized spacial score (nSPS) is 11.3. The maximum atomic E-state index is 12.4. The third-order valence-electron chi connectivity index (χ3n) is 5.09. The number of para-hydroxylation sites is 1. The van der Waals surface area contributed by atoms with Gasteiger partial charge in [0.1, 0.15) is 0 Å². The van der Waals surface area contributed by atoms with Crippen molar-refractivity contribution in [2.45, 2.75) is 12.8 Å². The third kappa shape index (κ3) is 3.09. The maximum Gasteiger partial charge on any atom is 0.224 e. The smallest absolute Gasteiger partial charge is 0.224 e. The van der Waals surface area contributed by atoms with E-state index in [-0.39, 0.29) is 5.91 Å². The number of anilines is 1. The van der Waals surface area contributed by atoms with Crippen molar-refractivity contribution in [1.29, 1.82) is 0 Å². The maximum absolute atomic E-state index is 12.4. The van der Waals surface area contributed by atoms with Gasteiger partial charge in [0, 0.05) is 34.1 Å². The first-order valence-corrected chi connectivity index (χ1v) is 9.40. The molecule has 1 amide bonds. The number of aryl methyl sites for hydroxylation is 1. The van der Waals surface area contributed by atoms with E-state index in [1.165, 1.54) is 5.39 Å². The van der Waals surface area contributed by atoms with Gasteiger partial charge in [0.25, 0.3) is 0 Å². The van der Waals surface area contributed by atoms with Crippen LogP contribution in [0.1, 0.15) is 12.1 Å². The molecule has 0 unspecified atom stereocenters. The van der Waals surface area contributed by atoms with E-state index in [9.17, 15) is 4.79 Å². The van der Waals surface area contributed by atoms with Crippen molar-refractivity contribution in [3.05, 3.63) is 84.7 Å². The van der Waals surface area contributed by atoms with Gasteiger partial charge in [-0.25, -0.2) is 0 Å². The average molecular weight is 365 g/mol. The van der Waals surface area contributed by atoms with Crippen molar-refractivity contribution in [1.82, 2.24) is 9.97 Å². The quantitative estimate of drug-likeness (QED) is 0.445. The molecule has 5 aromatic rings. The molecule has 28 heavy (non-hydrogen) atoms. The largest absolute Gasteiger partial charge is 0.353 e. The molecule has 136 valence electrons. The molecule has 4 heteroatoms. The average Bonchev–Trinajstić information content (AvgIpc) is 3.10. The topological polar surface area (TPSA) is 57.8 Å². The molecule has 2 N–H and O–H groups in total. The van der Waals surface area contributed by atoms with Crippen LogP contribution in [-0.2, 0) is 11.2 Å². The Morgan fingerprint density at radius 1 is 0.857 bits per heavy atom. The Kier molecular flexibility index (Phi) is 4.02. The van der Waals surface area contributed by atoms with E-state index in [0.717, 1.165) is 38.6 Å². The van der Waals surface area contributed by atoms with Gasteiger partial charge in [-0.2, -0.15) is 0 Å². The minimum atomic E-state index is -0.00361. The Morgan fingerprint density at radius 2 is 1.68 bits per heavy atom. The molecule has 2 aromatic heterocycles. The van der Waals surface area contributed by atoms with Crippen LogP contribution < -0.4 is 5.32 Å². The molecule has 0 radical (unpaired) electrons. The summed E-state index contributed by atoms with van der Waals surface area (Å²) >= 11 is 0. The van der Waals surface area contributed by atoms with Crippen molar-refractivity contribution < 1.29 is 4.79 Å². The molecule has 0 aliphatic carbocycles. The van der Waals surface area contributed by atoms with Gasteiger partial charge in [0.2, 0.25) is 5.91 Å². The fourth-order valence-corrected chi connectivity index (χ4v) is 3.66. The molecule has 0 atom stereocenters. The molecule has 0 aliphatic heterocycles. The van der Waals surface area contributed by atoms with Crippen molar-refractivity contribution >= 4 is 44.2 Å². The fourth-order valence-electron chi connectivity index (χ4n) is 3.66. The Bertz CT molecular complexity index is 1320. The zero-order valence-electron chi connectivity index (χ0n) is 15.3. The van der Waals surface area contributed by atoms with Crippen LogP contribution in [0.4, 0.5) is 5.69 Å². The second-order valence-corrected chi connectivity index (χ2v) is 7.00. The summed E-state index contributed by atoms with van der Waals surface area (Å²) in [6, 6.07) is 24.4. The Balaban J connectivity index is 1.31. The number of H-pyrrole nitrogens is 1. The molecular weight excluding hydrogens is 346 g/mol. The first-order chi connectivity index (χ1) is 13.8. The summed E-state index contributed by atoms with van der Waals surface area (Å²) in [5.74, 6) is -0.00361. The van der Waals surface area contributed by atoms with Gasteiger partial charge >= 0.3 is 0 Å². The fraction of sp³-hybridized carbons (Fsp3) is 0.0833. The summed E-state index contributed by atoms with van der Waals surface area (Å²) in [7, 11) is 0. The van der Waals surface area contributed by atoms with Gasteiger partial charge in [0.15, 0.2) is 0 Å².